The first-order valence-electron chi connectivity index (χ1n) is 8.52. The predicted molar refractivity (Wildman–Crippen MR) is 102 cm³/mol. The fourth-order valence-electron chi connectivity index (χ4n) is 2.29. The molecule has 2 rings (SSSR count). The van der Waals surface area contributed by atoms with Crippen molar-refractivity contribution in [3.63, 3.8) is 0 Å². The first-order chi connectivity index (χ1) is 12.6. The van der Waals surface area contributed by atoms with Crippen molar-refractivity contribution in [2.24, 2.45) is 10.2 Å². The summed E-state index contributed by atoms with van der Waals surface area (Å²) in [7, 11) is 0. The van der Waals surface area contributed by atoms with Crippen molar-refractivity contribution in [2.45, 2.75) is 26.2 Å². The summed E-state index contributed by atoms with van der Waals surface area (Å²) in [5.41, 5.74) is 2.46. The third-order valence-corrected chi connectivity index (χ3v) is 3.65. The molecule has 0 saturated carbocycles. The van der Waals surface area contributed by atoms with Crippen LogP contribution >= 0.6 is 0 Å². The Kier molecular flexibility index (Phi) is 7.68. The van der Waals surface area contributed by atoms with Gasteiger partial charge in [-0.25, -0.2) is 8.78 Å². The minimum atomic E-state index is -0.792. The summed E-state index contributed by atoms with van der Waals surface area (Å²) >= 11 is 0. The molecule has 0 atom stereocenters. The number of hydrogen-bond donors (Lipinski definition) is 0. The van der Waals surface area contributed by atoms with E-state index in [0.29, 0.717) is 0 Å². The fraction of sp³-hybridized carbons (Fsp3) is 0.238. The van der Waals surface area contributed by atoms with Crippen LogP contribution in [0.15, 0.2) is 59.3 Å². The van der Waals surface area contributed by atoms with Crippen LogP contribution in [0.5, 0.6) is 5.75 Å². The predicted octanol–water partition coefficient (Wildman–Crippen LogP) is 5.33. The van der Waals surface area contributed by atoms with Gasteiger partial charge in [-0.15, -0.1) is 0 Å². The summed E-state index contributed by atoms with van der Waals surface area (Å²) in [6.07, 6.45) is 7.70. The molecule has 0 aliphatic rings. The summed E-state index contributed by atoms with van der Waals surface area (Å²) < 4.78 is 32.6. The Hall–Kier alpha value is -2.82. The number of unbranched alkanes of at least 4 members (excludes halogenated alkanes) is 1. The molecule has 0 aliphatic heterocycles. The molecule has 0 spiro atoms. The van der Waals surface area contributed by atoms with E-state index >= 15 is 0 Å². The Balaban J connectivity index is 1.99. The van der Waals surface area contributed by atoms with E-state index in [1.54, 1.807) is 6.21 Å². The summed E-state index contributed by atoms with van der Waals surface area (Å²) in [5.74, 6) is -2.01. The lowest BCUT2D eigenvalue weighted by Gasteiger charge is -2.06. The average molecular weight is 356 g/mol. The van der Waals surface area contributed by atoms with Crippen molar-refractivity contribution >= 4 is 12.4 Å². The van der Waals surface area contributed by atoms with Gasteiger partial charge in [0.2, 0.25) is 0 Å². The summed E-state index contributed by atoms with van der Waals surface area (Å²) in [6.45, 7) is 5.63. The highest BCUT2D eigenvalue weighted by Crippen LogP contribution is 2.22. The van der Waals surface area contributed by atoms with Gasteiger partial charge in [0.15, 0.2) is 17.4 Å². The summed E-state index contributed by atoms with van der Waals surface area (Å²) in [5, 5.41) is 7.75. The van der Waals surface area contributed by atoms with Crippen molar-refractivity contribution < 1.29 is 13.5 Å². The Labute approximate surface area is 152 Å². The van der Waals surface area contributed by atoms with Gasteiger partial charge in [-0.3, -0.25) is 0 Å². The van der Waals surface area contributed by atoms with Crippen LogP contribution in [0.4, 0.5) is 8.78 Å². The van der Waals surface area contributed by atoms with Crippen LogP contribution in [0.3, 0.4) is 0 Å². The maximum absolute atomic E-state index is 13.8. The molecule has 0 heterocycles. The third kappa shape index (κ3) is 5.92. The van der Waals surface area contributed by atoms with Gasteiger partial charge in [0.05, 0.1) is 12.4 Å². The van der Waals surface area contributed by atoms with Crippen molar-refractivity contribution in [3.8, 4) is 5.75 Å². The summed E-state index contributed by atoms with van der Waals surface area (Å²) in [6, 6.07) is 10.3. The Bertz CT molecular complexity index is 760. The van der Waals surface area contributed by atoms with Crippen molar-refractivity contribution in [1.29, 1.82) is 0 Å². The molecule has 0 bridgehead atoms. The lowest BCUT2D eigenvalue weighted by atomic mass is 10.1. The highest BCUT2D eigenvalue weighted by atomic mass is 19.1. The van der Waals surface area contributed by atoms with Gasteiger partial charge >= 0.3 is 0 Å². The largest absolute Gasteiger partial charge is 0.483 e. The van der Waals surface area contributed by atoms with Crippen LogP contribution < -0.4 is 4.74 Å². The molecule has 2 aromatic rings. The van der Waals surface area contributed by atoms with E-state index < -0.39 is 17.4 Å². The highest BCUT2D eigenvalue weighted by molar-refractivity contribution is 5.82. The second-order valence-corrected chi connectivity index (χ2v) is 5.75. The van der Waals surface area contributed by atoms with Crippen LogP contribution in [0, 0.1) is 11.6 Å². The number of hydrogen-bond acceptors (Lipinski definition) is 3. The van der Waals surface area contributed by atoms with Crippen molar-refractivity contribution in [1.82, 2.24) is 0 Å². The second kappa shape index (κ2) is 10.2. The van der Waals surface area contributed by atoms with E-state index in [2.05, 4.69) is 35.8 Å². The Morgan fingerprint density at radius 2 is 1.62 bits per heavy atom. The normalized spacial score (nSPS) is 11.3. The van der Waals surface area contributed by atoms with Gasteiger partial charge in [0.25, 0.3) is 0 Å². The number of ether oxygens (including phenoxy) is 1. The van der Waals surface area contributed by atoms with E-state index in [1.165, 1.54) is 30.7 Å². The van der Waals surface area contributed by atoms with E-state index in [0.717, 1.165) is 24.1 Å². The maximum Gasteiger partial charge on any atom is 0.191 e. The van der Waals surface area contributed by atoms with Crippen molar-refractivity contribution in [3.05, 3.63) is 77.4 Å². The molecule has 0 fully saturated rings. The van der Waals surface area contributed by atoms with Crippen LogP contribution in [-0.4, -0.2) is 19.0 Å². The third-order valence-electron chi connectivity index (χ3n) is 3.65. The number of nitrogens with zero attached hydrogens (tertiary/aromatic N) is 2. The van der Waals surface area contributed by atoms with E-state index in [1.807, 2.05) is 12.1 Å². The zero-order valence-electron chi connectivity index (χ0n) is 14.8. The molecule has 0 amide bonds. The Morgan fingerprint density at radius 1 is 1.00 bits per heavy atom. The zero-order chi connectivity index (χ0) is 18.8. The SMILES string of the molecule is C=CCOc1c(F)cc(C=NN=Cc2ccc(CCCC)cc2)cc1F. The number of benzene rings is 2. The van der Waals surface area contributed by atoms with Gasteiger partial charge < -0.3 is 4.74 Å². The van der Waals surface area contributed by atoms with E-state index in [9.17, 15) is 8.78 Å². The molecule has 26 heavy (non-hydrogen) atoms. The molecule has 136 valence electrons. The van der Waals surface area contributed by atoms with Crippen LogP contribution in [0.25, 0.3) is 0 Å². The average Bonchev–Trinajstić information content (AvgIpc) is 2.64. The van der Waals surface area contributed by atoms with Gasteiger partial charge in [-0.05, 0) is 36.1 Å². The molecule has 0 aromatic heterocycles. The minimum absolute atomic E-state index is 0.0306. The molecular formula is C21H22F2N2O. The molecule has 0 saturated heterocycles. The van der Waals surface area contributed by atoms with Gasteiger partial charge in [-0.1, -0.05) is 50.3 Å². The Morgan fingerprint density at radius 3 is 2.19 bits per heavy atom. The van der Waals surface area contributed by atoms with Crippen LogP contribution in [-0.2, 0) is 6.42 Å². The van der Waals surface area contributed by atoms with E-state index in [4.69, 9.17) is 4.74 Å². The quantitative estimate of drug-likeness (QED) is 0.340. The van der Waals surface area contributed by atoms with E-state index in [-0.39, 0.29) is 12.2 Å². The highest BCUT2D eigenvalue weighted by Gasteiger charge is 2.11. The van der Waals surface area contributed by atoms with Crippen LogP contribution in [0.2, 0.25) is 0 Å². The van der Waals surface area contributed by atoms with Crippen molar-refractivity contribution in [2.75, 3.05) is 6.61 Å². The molecule has 0 unspecified atom stereocenters. The molecule has 0 N–H and O–H groups in total. The molecule has 0 radical (unpaired) electrons. The molecule has 0 aliphatic carbocycles. The number of rotatable bonds is 9. The molecule has 5 heteroatoms. The first kappa shape index (κ1) is 19.5. The lowest BCUT2D eigenvalue weighted by Crippen LogP contribution is -2.00. The number of halogens is 2. The monoisotopic (exact) mass is 356 g/mol. The molecular weight excluding hydrogens is 334 g/mol. The maximum atomic E-state index is 13.8. The van der Waals surface area contributed by atoms with Gasteiger partial charge in [0.1, 0.15) is 6.61 Å². The lowest BCUT2D eigenvalue weighted by molar-refractivity contribution is 0.321. The summed E-state index contributed by atoms with van der Waals surface area (Å²) in [4.78, 5) is 0. The first-order valence-corrected chi connectivity index (χ1v) is 8.52. The standard InChI is InChI=1S/C21H22F2N2O/c1-3-5-6-16-7-9-17(10-8-16)14-24-25-15-18-12-19(22)21(20(23)13-18)26-11-4-2/h4,7-10,12-15H,2-3,5-6,11H2,1H3. The number of aryl methyl sites for hydroxylation is 1. The minimum Gasteiger partial charge on any atom is -0.483 e. The van der Waals surface area contributed by atoms with Gasteiger partial charge in [0, 0.05) is 5.56 Å². The zero-order valence-corrected chi connectivity index (χ0v) is 14.8. The topological polar surface area (TPSA) is 34.0 Å². The smallest absolute Gasteiger partial charge is 0.191 e. The fourth-order valence-corrected chi connectivity index (χ4v) is 2.29. The molecule has 3 nitrogen and oxygen atoms in total. The van der Waals surface area contributed by atoms with Gasteiger partial charge in [-0.2, -0.15) is 10.2 Å². The van der Waals surface area contributed by atoms with Crippen LogP contribution in [0.1, 0.15) is 36.5 Å². The molecule has 2 aromatic carbocycles. The second-order valence-electron chi connectivity index (χ2n) is 5.75.